The standard InChI is InChI=1S/C16H28N2O3/c1-16(2,3)21-15(19)18-10-11-8-12(18)9-14(11)20-13-4-6-17-7-5-13/h11-14,17H,4-10H2,1-3H3/t11?,12?,14-/m0/s1. The van der Waals surface area contributed by atoms with Gasteiger partial charge in [0, 0.05) is 18.5 Å². The first kappa shape index (κ1) is 15.1. The van der Waals surface area contributed by atoms with Crippen LogP contribution in [0.15, 0.2) is 0 Å². The van der Waals surface area contributed by atoms with Gasteiger partial charge < -0.3 is 19.7 Å². The number of carbonyl (C=O) groups is 1. The number of hydrogen-bond acceptors (Lipinski definition) is 4. The molecule has 3 aliphatic rings. The molecule has 2 saturated heterocycles. The molecule has 2 unspecified atom stereocenters. The molecular formula is C16H28N2O3. The van der Waals surface area contributed by atoms with Gasteiger partial charge in [0.25, 0.3) is 0 Å². The molecule has 1 saturated carbocycles. The number of ether oxygens (including phenoxy) is 2. The normalized spacial score (nSPS) is 33.5. The number of piperidine rings is 2. The molecule has 0 spiro atoms. The molecule has 2 heterocycles. The summed E-state index contributed by atoms with van der Waals surface area (Å²) in [6.45, 7) is 8.69. The highest BCUT2D eigenvalue weighted by atomic mass is 16.6. The van der Waals surface area contributed by atoms with Crippen molar-refractivity contribution in [2.24, 2.45) is 5.92 Å². The van der Waals surface area contributed by atoms with Crippen LogP contribution in [0.5, 0.6) is 0 Å². The highest BCUT2D eigenvalue weighted by molar-refractivity contribution is 5.69. The summed E-state index contributed by atoms with van der Waals surface area (Å²) in [7, 11) is 0. The largest absolute Gasteiger partial charge is 0.444 e. The van der Waals surface area contributed by atoms with Crippen LogP contribution < -0.4 is 5.32 Å². The van der Waals surface area contributed by atoms with E-state index in [0.29, 0.717) is 24.2 Å². The second-order valence-corrected chi connectivity index (χ2v) is 7.64. The maximum atomic E-state index is 12.2. The van der Waals surface area contributed by atoms with Crippen LogP contribution in [-0.4, -0.2) is 54.5 Å². The van der Waals surface area contributed by atoms with Crippen molar-refractivity contribution in [1.82, 2.24) is 10.2 Å². The summed E-state index contributed by atoms with van der Waals surface area (Å²) >= 11 is 0. The quantitative estimate of drug-likeness (QED) is 0.848. The molecule has 1 aliphatic carbocycles. The van der Waals surface area contributed by atoms with Crippen molar-refractivity contribution in [3.05, 3.63) is 0 Å². The number of amides is 1. The molecule has 2 aliphatic heterocycles. The Balaban J connectivity index is 1.50. The van der Waals surface area contributed by atoms with Crippen LogP contribution in [0.1, 0.15) is 46.5 Å². The first-order valence-electron chi connectivity index (χ1n) is 8.28. The minimum absolute atomic E-state index is 0.157. The van der Waals surface area contributed by atoms with Crippen molar-refractivity contribution in [2.45, 2.75) is 70.3 Å². The van der Waals surface area contributed by atoms with Gasteiger partial charge in [0.05, 0.1) is 12.2 Å². The number of likely N-dealkylation sites (tertiary alicyclic amines) is 1. The van der Waals surface area contributed by atoms with Crippen LogP contribution >= 0.6 is 0 Å². The lowest BCUT2D eigenvalue weighted by atomic mass is 10.0. The predicted octanol–water partition coefficient (Wildman–Crippen LogP) is 2.15. The van der Waals surface area contributed by atoms with E-state index in [1.165, 1.54) is 0 Å². The van der Waals surface area contributed by atoms with Gasteiger partial charge in [-0.15, -0.1) is 0 Å². The summed E-state index contributed by atoms with van der Waals surface area (Å²) in [6.07, 6.45) is 4.88. The topological polar surface area (TPSA) is 50.8 Å². The average Bonchev–Trinajstić information content (AvgIpc) is 2.97. The molecule has 1 N–H and O–H groups in total. The molecular weight excluding hydrogens is 268 g/mol. The number of rotatable bonds is 2. The minimum Gasteiger partial charge on any atom is -0.444 e. The zero-order chi connectivity index (χ0) is 15.0. The number of nitrogens with one attached hydrogen (secondary N) is 1. The molecule has 3 atom stereocenters. The van der Waals surface area contributed by atoms with Gasteiger partial charge >= 0.3 is 6.09 Å². The van der Waals surface area contributed by atoms with Crippen molar-refractivity contribution < 1.29 is 14.3 Å². The SMILES string of the molecule is CC(C)(C)OC(=O)N1CC2CC1C[C@@H]2OC1CCNCC1. The second kappa shape index (κ2) is 5.76. The van der Waals surface area contributed by atoms with E-state index in [-0.39, 0.29) is 6.09 Å². The molecule has 0 aromatic carbocycles. The second-order valence-electron chi connectivity index (χ2n) is 7.64. The summed E-state index contributed by atoms with van der Waals surface area (Å²) in [5.41, 5.74) is -0.413. The third-order valence-electron chi connectivity index (χ3n) is 4.76. The molecule has 120 valence electrons. The van der Waals surface area contributed by atoms with Crippen molar-refractivity contribution in [3.63, 3.8) is 0 Å². The van der Waals surface area contributed by atoms with Crippen molar-refractivity contribution in [3.8, 4) is 0 Å². The Bertz CT molecular complexity index is 387. The van der Waals surface area contributed by atoms with Gasteiger partial charge in [-0.05, 0) is 59.5 Å². The number of nitrogens with zero attached hydrogens (tertiary/aromatic N) is 1. The van der Waals surface area contributed by atoms with Crippen LogP contribution in [0, 0.1) is 5.92 Å². The molecule has 3 rings (SSSR count). The summed E-state index contributed by atoms with van der Waals surface area (Å²) in [5.74, 6) is 0.498. The minimum atomic E-state index is -0.413. The van der Waals surface area contributed by atoms with E-state index < -0.39 is 5.60 Å². The first-order valence-corrected chi connectivity index (χ1v) is 8.28. The molecule has 0 aromatic rings. The van der Waals surface area contributed by atoms with Gasteiger partial charge in [0.1, 0.15) is 5.60 Å². The van der Waals surface area contributed by atoms with Gasteiger partial charge in [-0.1, -0.05) is 0 Å². The van der Waals surface area contributed by atoms with Gasteiger partial charge in [-0.2, -0.15) is 0 Å². The zero-order valence-corrected chi connectivity index (χ0v) is 13.4. The summed E-state index contributed by atoms with van der Waals surface area (Å²) in [6, 6.07) is 0.316. The summed E-state index contributed by atoms with van der Waals surface area (Å²) < 4.78 is 11.8. The number of carbonyl (C=O) groups excluding carboxylic acids is 1. The third kappa shape index (κ3) is 3.51. The summed E-state index contributed by atoms with van der Waals surface area (Å²) in [5, 5.41) is 3.37. The highest BCUT2D eigenvalue weighted by Crippen LogP contribution is 2.41. The fraction of sp³-hybridized carbons (Fsp3) is 0.938. The monoisotopic (exact) mass is 296 g/mol. The van der Waals surface area contributed by atoms with Gasteiger partial charge in [-0.3, -0.25) is 0 Å². The third-order valence-corrected chi connectivity index (χ3v) is 4.76. The van der Waals surface area contributed by atoms with Crippen molar-refractivity contribution >= 4 is 6.09 Å². The summed E-state index contributed by atoms with van der Waals surface area (Å²) in [4.78, 5) is 14.1. The van der Waals surface area contributed by atoms with E-state index in [0.717, 1.165) is 45.3 Å². The van der Waals surface area contributed by atoms with E-state index in [1.807, 2.05) is 25.7 Å². The lowest BCUT2D eigenvalue weighted by Crippen LogP contribution is -2.46. The Hall–Kier alpha value is -0.810. The van der Waals surface area contributed by atoms with Crippen LogP contribution in [0.25, 0.3) is 0 Å². The maximum Gasteiger partial charge on any atom is 0.410 e. The van der Waals surface area contributed by atoms with Crippen molar-refractivity contribution in [1.29, 1.82) is 0 Å². The van der Waals surface area contributed by atoms with E-state index >= 15 is 0 Å². The Morgan fingerprint density at radius 1 is 1.19 bits per heavy atom. The van der Waals surface area contributed by atoms with E-state index in [4.69, 9.17) is 9.47 Å². The first-order chi connectivity index (χ1) is 9.92. The van der Waals surface area contributed by atoms with Crippen LogP contribution in [0.2, 0.25) is 0 Å². The van der Waals surface area contributed by atoms with Crippen molar-refractivity contribution in [2.75, 3.05) is 19.6 Å². The van der Waals surface area contributed by atoms with E-state index in [1.54, 1.807) is 0 Å². The fourth-order valence-electron chi connectivity index (χ4n) is 3.80. The number of hydrogen-bond donors (Lipinski definition) is 1. The zero-order valence-electron chi connectivity index (χ0n) is 13.4. The number of fused-ring (bicyclic) bond motifs is 2. The average molecular weight is 296 g/mol. The molecule has 3 fully saturated rings. The molecule has 0 radical (unpaired) electrons. The highest BCUT2D eigenvalue weighted by Gasteiger charge is 2.48. The van der Waals surface area contributed by atoms with Gasteiger partial charge in [-0.25, -0.2) is 4.79 Å². The van der Waals surface area contributed by atoms with Gasteiger partial charge in [0.2, 0.25) is 0 Å². The Labute approximate surface area is 127 Å². The molecule has 5 heteroatoms. The van der Waals surface area contributed by atoms with E-state index in [9.17, 15) is 4.79 Å². The molecule has 0 aromatic heterocycles. The Morgan fingerprint density at radius 3 is 2.48 bits per heavy atom. The van der Waals surface area contributed by atoms with Gasteiger partial charge in [0.15, 0.2) is 0 Å². The smallest absolute Gasteiger partial charge is 0.410 e. The van der Waals surface area contributed by atoms with Crippen LogP contribution in [0.4, 0.5) is 4.79 Å². The molecule has 1 amide bonds. The predicted molar refractivity (Wildman–Crippen MR) is 80.2 cm³/mol. The van der Waals surface area contributed by atoms with Crippen LogP contribution in [-0.2, 0) is 9.47 Å². The van der Waals surface area contributed by atoms with Crippen LogP contribution in [0.3, 0.4) is 0 Å². The molecule has 2 bridgehead atoms. The maximum absolute atomic E-state index is 12.2. The molecule has 21 heavy (non-hydrogen) atoms. The fourth-order valence-corrected chi connectivity index (χ4v) is 3.80. The Morgan fingerprint density at radius 2 is 1.90 bits per heavy atom. The lowest BCUT2D eigenvalue weighted by Gasteiger charge is -2.35. The lowest BCUT2D eigenvalue weighted by molar-refractivity contribution is -0.0614. The molecule has 5 nitrogen and oxygen atoms in total. The Kier molecular flexibility index (Phi) is 4.14. The van der Waals surface area contributed by atoms with E-state index in [2.05, 4.69) is 5.32 Å².